The SMILES string of the molecule is CCCn1ccnc1CC(NN)c1ccc(OC)c(C)c1. The lowest BCUT2D eigenvalue weighted by Crippen LogP contribution is -2.30. The number of imidazole rings is 1. The molecule has 0 saturated carbocycles. The average Bonchev–Trinajstić information content (AvgIpc) is 2.92. The molecule has 0 amide bonds. The molecule has 1 heterocycles. The zero-order chi connectivity index (χ0) is 15.2. The minimum Gasteiger partial charge on any atom is -0.496 e. The van der Waals surface area contributed by atoms with Gasteiger partial charge in [0.1, 0.15) is 11.6 Å². The highest BCUT2D eigenvalue weighted by atomic mass is 16.5. The Hall–Kier alpha value is -1.85. The fourth-order valence-corrected chi connectivity index (χ4v) is 2.55. The highest BCUT2D eigenvalue weighted by molar-refractivity contribution is 5.37. The lowest BCUT2D eigenvalue weighted by molar-refractivity contribution is 0.411. The summed E-state index contributed by atoms with van der Waals surface area (Å²) in [6.07, 6.45) is 5.71. The highest BCUT2D eigenvalue weighted by Gasteiger charge is 2.15. The van der Waals surface area contributed by atoms with Gasteiger partial charge in [0.25, 0.3) is 0 Å². The van der Waals surface area contributed by atoms with Gasteiger partial charge in [-0.2, -0.15) is 0 Å². The number of nitrogens with two attached hydrogens (primary N) is 1. The van der Waals surface area contributed by atoms with Gasteiger partial charge in [-0.1, -0.05) is 19.1 Å². The van der Waals surface area contributed by atoms with Gasteiger partial charge in [0.05, 0.1) is 13.2 Å². The van der Waals surface area contributed by atoms with Crippen LogP contribution in [-0.2, 0) is 13.0 Å². The van der Waals surface area contributed by atoms with Crippen molar-refractivity contribution >= 4 is 0 Å². The number of hydrazine groups is 1. The fraction of sp³-hybridized carbons (Fsp3) is 0.438. The monoisotopic (exact) mass is 288 g/mol. The first kappa shape index (κ1) is 15.5. The lowest BCUT2D eigenvalue weighted by atomic mass is 10.0. The second-order valence-corrected chi connectivity index (χ2v) is 5.19. The zero-order valence-corrected chi connectivity index (χ0v) is 13.0. The smallest absolute Gasteiger partial charge is 0.121 e. The number of aryl methyl sites for hydroxylation is 2. The van der Waals surface area contributed by atoms with Crippen LogP contribution in [0.1, 0.15) is 36.3 Å². The third kappa shape index (κ3) is 3.62. The Bertz CT molecular complexity index is 579. The van der Waals surface area contributed by atoms with Crippen LogP contribution >= 0.6 is 0 Å². The zero-order valence-electron chi connectivity index (χ0n) is 13.0. The van der Waals surface area contributed by atoms with E-state index in [1.165, 1.54) is 0 Å². The van der Waals surface area contributed by atoms with Gasteiger partial charge in [0.15, 0.2) is 0 Å². The van der Waals surface area contributed by atoms with Gasteiger partial charge in [-0.3, -0.25) is 11.3 Å². The minimum absolute atomic E-state index is 0.0348. The first-order valence-electron chi connectivity index (χ1n) is 7.30. The van der Waals surface area contributed by atoms with Crippen molar-refractivity contribution in [3.8, 4) is 5.75 Å². The van der Waals surface area contributed by atoms with Crippen LogP contribution in [0.2, 0.25) is 0 Å². The molecule has 0 aliphatic carbocycles. The van der Waals surface area contributed by atoms with Crippen LogP contribution in [0.4, 0.5) is 0 Å². The molecular weight excluding hydrogens is 264 g/mol. The van der Waals surface area contributed by atoms with Crippen LogP contribution in [0, 0.1) is 6.92 Å². The van der Waals surface area contributed by atoms with E-state index in [0.29, 0.717) is 0 Å². The summed E-state index contributed by atoms with van der Waals surface area (Å²) < 4.78 is 7.48. The summed E-state index contributed by atoms with van der Waals surface area (Å²) in [5.74, 6) is 7.69. The minimum atomic E-state index is 0.0348. The van der Waals surface area contributed by atoms with Crippen LogP contribution < -0.4 is 16.0 Å². The molecule has 1 aromatic heterocycles. The molecule has 0 saturated heterocycles. The summed E-state index contributed by atoms with van der Waals surface area (Å²) in [6, 6.07) is 6.17. The van der Waals surface area contributed by atoms with Crippen molar-refractivity contribution in [2.24, 2.45) is 5.84 Å². The molecule has 1 aromatic carbocycles. The maximum absolute atomic E-state index is 5.75. The fourth-order valence-electron chi connectivity index (χ4n) is 2.55. The summed E-state index contributed by atoms with van der Waals surface area (Å²) in [6.45, 7) is 5.18. The van der Waals surface area contributed by atoms with Crippen molar-refractivity contribution < 1.29 is 4.74 Å². The molecule has 0 aliphatic rings. The van der Waals surface area contributed by atoms with Gasteiger partial charge < -0.3 is 9.30 Å². The van der Waals surface area contributed by atoms with Gasteiger partial charge >= 0.3 is 0 Å². The molecule has 0 fully saturated rings. The second-order valence-electron chi connectivity index (χ2n) is 5.19. The molecule has 5 nitrogen and oxygen atoms in total. The van der Waals surface area contributed by atoms with E-state index in [0.717, 1.165) is 42.1 Å². The molecular formula is C16H24N4O. The highest BCUT2D eigenvalue weighted by Crippen LogP contribution is 2.24. The number of hydrogen-bond acceptors (Lipinski definition) is 4. The molecule has 0 bridgehead atoms. The molecule has 0 spiro atoms. The van der Waals surface area contributed by atoms with Crippen LogP contribution in [0.5, 0.6) is 5.75 Å². The molecule has 1 atom stereocenters. The van der Waals surface area contributed by atoms with E-state index in [-0.39, 0.29) is 6.04 Å². The summed E-state index contributed by atoms with van der Waals surface area (Å²) in [4.78, 5) is 4.45. The van der Waals surface area contributed by atoms with Crippen LogP contribution in [-0.4, -0.2) is 16.7 Å². The summed E-state index contributed by atoms with van der Waals surface area (Å²) in [5.41, 5.74) is 5.14. The molecule has 21 heavy (non-hydrogen) atoms. The van der Waals surface area contributed by atoms with E-state index in [9.17, 15) is 0 Å². The molecule has 3 N–H and O–H groups in total. The summed E-state index contributed by atoms with van der Waals surface area (Å²) in [5, 5.41) is 0. The maximum Gasteiger partial charge on any atom is 0.121 e. The molecule has 2 rings (SSSR count). The van der Waals surface area contributed by atoms with Gasteiger partial charge in [-0.15, -0.1) is 0 Å². The Morgan fingerprint density at radius 1 is 1.43 bits per heavy atom. The predicted octanol–water partition coefficient (Wildman–Crippen LogP) is 2.36. The molecule has 0 aliphatic heterocycles. The van der Waals surface area contributed by atoms with Crippen LogP contribution in [0.15, 0.2) is 30.6 Å². The molecule has 5 heteroatoms. The number of hydrogen-bond donors (Lipinski definition) is 2. The number of methoxy groups -OCH3 is 1. The molecule has 114 valence electrons. The predicted molar refractivity (Wildman–Crippen MR) is 84.0 cm³/mol. The number of rotatable bonds is 7. The quantitative estimate of drug-likeness (QED) is 0.606. The van der Waals surface area contributed by atoms with Crippen molar-refractivity contribution in [3.63, 3.8) is 0 Å². The topological polar surface area (TPSA) is 65.1 Å². The van der Waals surface area contributed by atoms with Gasteiger partial charge in [0, 0.05) is 25.4 Å². The maximum atomic E-state index is 5.75. The van der Waals surface area contributed by atoms with Gasteiger partial charge in [-0.05, 0) is 30.5 Å². The first-order valence-corrected chi connectivity index (χ1v) is 7.30. The number of aromatic nitrogens is 2. The Kier molecular flexibility index (Phi) is 5.36. The van der Waals surface area contributed by atoms with E-state index < -0.39 is 0 Å². The van der Waals surface area contributed by atoms with E-state index in [2.05, 4.69) is 28.0 Å². The lowest BCUT2D eigenvalue weighted by Gasteiger charge is -2.18. The molecule has 2 aromatic rings. The average molecular weight is 288 g/mol. The van der Waals surface area contributed by atoms with E-state index in [1.54, 1.807) is 7.11 Å². The van der Waals surface area contributed by atoms with E-state index in [4.69, 9.17) is 10.6 Å². The van der Waals surface area contributed by atoms with Gasteiger partial charge in [-0.25, -0.2) is 4.98 Å². The summed E-state index contributed by atoms with van der Waals surface area (Å²) in [7, 11) is 1.68. The Labute approximate surface area is 126 Å². The van der Waals surface area contributed by atoms with Crippen molar-refractivity contribution in [2.75, 3.05) is 7.11 Å². The van der Waals surface area contributed by atoms with Crippen LogP contribution in [0.25, 0.3) is 0 Å². The normalized spacial score (nSPS) is 12.4. The Morgan fingerprint density at radius 3 is 2.86 bits per heavy atom. The second kappa shape index (κ2) is 7.24. The number of ether oxygens (including phenoxy) is 1. The van der Waals surface area contributed by atoms with Crippen molar-refractivity contribution in [1.29, 1.82) is 0 Å². The van der Waals surface area contributed by atoms with Crippen LogP contribution in [0.3, 0.4) is 0 Å². The van der Waals surface area contributed by atoms with Crippen molar-refractivity contribution in [2.45, 2.75) is 39.3 Å². The molecule has 1 unspecified atom stereocenters. The largest absolute Gasteiger partial charge is 0.496 e. The number of nitrogens with one attached hydrogen (secondary N) is 1. The Morgan fingerprint density at radius 2 is 2.24 bits per heavy atom. The van der Waals surface area contributed by atoms with Gasteiger partial charge in [0.2, 0.25) is 0 Å². The third-order valence-corrected chi connectivity index (χ3v) is 3.68. The van der Waals surface area contributed by atoms with E-state index in [1.807, 2.05) is 31.5 Å². The number of nitrogens with zero attached hydrogens (tertiary/aromatic N) is 2. The Balaban J connectivity index is 2.19. The van der Waals surface area contributed by atoms with Crippen molar-refractivity contribution in [3.05, 3.63) is 47.5 Å². The van der Waals surface area contributed by atoms with E-state index >= 15 is 0 Å². The summed E-state index contributed by atoms with van der Waals surface area (Å²) >= 11 is 0. The van der Waals surface area contributed by atoms with Crippen molar-refractivity contribution in [1.82, 2.24) is 15.0 Å². The number of benzene rings is 1. The molecule has 0 radical (unpaired) electrons. The standard InChI is InChI=1S/C16H24N4O/c1-4-8-20-9-7-18-16(20)11-14(19-17)13-5-6-15(21-3)12(2)10-13/h5-7,9-10,14,19H,4,8,11,17H2,1-3H3. The third-order valence-electron chi connectivity index (χ3n) is 3.68. The first-order chi connectivity index (χ1) is 10.2.